The van der Waals surface area contributed by atoms with Gasteiger partial charge in [0.25, 0.3) is 5.91 Å². The maximum absolute atomic E-state index is 12.8. The van der Waals surface area contributed by atoms with E-state index in [2.05, 4.69) is 10.3 Å². The van der Waals surface area contributed by atoms with Crippen LogP contribution in [0, 0.1) is 23.7 Å². The molecule has 1 heterocycles. The van der Waals surface area contributed by atoms with Gasteiger partial charge in [-0.2, -0.15) is 0 Å². The van der Waals surface area contributed by atoms with Gasteiger partial charge in [-0.1, -0.05) is 0 Å². The summed E-state index contributed by atoms with van der Waals surface area (Å²) in [6, 6.07) is 3.61. The predicted molar refractivity (Wildman–Crippen MR) is 90.8 cm³/mol. The summed E-state index contributed by atoms with van der Waals surface area (Å²) in [6.45, 7) is 0.729. The summed E-state index contributed by atoms with van der Waals surface area (Å²) in [5, 5.41) is 3.42. The molecule has 1 aromatic rings. The molecule has 4 nitrogen and oxygen atoms in total. The quantitative estimate of drug-likeness (QED) is 0.900. The van der Waals surface area contributed by atoms with Crippen LogP contribution in [0.3, 0.4) is 0 Å². The van der Waals surface area contributed by atoms with Gasteiger partial charge in [-0.25, -0.2) is 4.98 Å². The molecule has 1 amide bonds. The highest BCUT2D eigenvalue weighted by atomic mass is 16.5. The third kappa shape index (κ3) is 2.80. The first-order valence-electron chi connectivity index (χ1n) is 9.59. The molecule has 24 heavy (non-hydrogen) atoms. The number of ether oxygens (including phenoxy) is 1. The van der Waals surface area contributed by atoms with Crippen LogP contribution in [0.25, 0.3) is 0 Å². The van der Waals surface area contributed by atoms with Gasteiger partial charge in [0.05, 0.1) is 6.61 Å². The lowest BCUT2D eigenvalue weighted by Crippen LogP contribution is -2.59. The molecule has 5 fully saturated rings. The lowest BCUT2D eigenvalue weighted by molar-refractivity contribution is -0.0167. The van der Waals surface area contributed by atoms with Crippen molar-refractivity contribution in [3.63, 3.8) is 0 Å². The van der Waals surface area contributed by atoms with E-state index in [0.717, 1.165) is 24.4 Å². The molecule has 5 aliphatic carbocycles. The molecular formula is C20H26N2O2. The Kier molecular flexibility index (Phi) is 3.36. The normalized spacial score (nSPS) is 36.6. The molecule has 4 bridgehead atoms. The van der Waals surface area contributed by atoms with E-state index in [4.69, 9.17) is 4.74 Å². The number of carbonyl (C=O) groups excluding carboxylic acids is 1. The largest absolute Gasteiger partial charge is 0.477 e. The Morgan fingerprint density at radius 1 is 1.17 bits per heavy atom. The van der Waals surface area contributed by atoms with Crippen molar-refractivity contribution in [2.45, 2.75) is 56.9 Å². The second-order valence-corrected chi connectivity index (χ2v) is 8.79. The predicted octanol–water partition coefficient (Wildman–Crippen LogP) is 3.57. The standard InChI is InChI=1S/C20H26N2O2/c23-19(17-3-4-21-18(8-17)24-12-13-1-2-13)22-20-9-14-5-15(10-20)7-16(6-14)11-20/h3-4,8,13-16H,1-2,5-7,9-12H2,(H,22,23). The average molecular weight is 326 g/mol. The smallest absolute Gasteiger partial charge is 0.251 e. The first kappa shape index (κ1) is 14.7. The van der Waals surface area contributed by atoms with Gasteiger partial charge in [0.2, 0.25) is 5.88 Å². The molecule has 0 unspecified atom stereocenters. The molecule has 5 saturated carbocycles. The zero-order chi connectivity index (χ0) is 16.1. The van der Waals surface area contributed by atoms with Gasteiger partial charge in [0.15, 0.2) is 0 Å². The fraction of sp³-hybridized carbons (Fsp3) is 0.700. The molecule has 0 radical (unpaired) electrons. The van der Waals surface area contributed by atoms with Gasteiger partial charge in [-0.15, -0.1) is 0 Å². The van der Waals surface area contributed by atoms with E-state index in [1.807, 2.05) is 0 Å². The highest BCUT2D eigenvalue weighted by molar-refractivity contribution is 5.94. The maximum Gasteiger partial charge on any atom is 0.251 e. The first-order valence-corrected chi connectivity index (χ1v) is 9.59. The number of nitrogens with zero attached hydrogens (tertiary/aromatic N) is 1. The third-order valence-corrected chi connectivity index (χ3v) is 6.58. The van der Waals surface area contributed by atoms with E-state index < -0.39 is 0 Å². The van der Waals surface area contributed by atoms with Crippen molar-refractivity contribution in [2.24, 2.45) is 23.7 Å². The highest BCUT2D eigenvalue weighted by Gasteiger charge is 2.51. The molecule has 1 aromatic heterocycles. The van der Waals surface area contributed by atoms with E-state index in [9.17, 15) is 4.79 Å². The zero-order valence-corrected chi connectivity index (χ0v) is 14.2. The van der Waals surface area contributed by atoms with Gasteiger partial charge >= 0.3 is 0 Å². The Morgan fingerprint density at radius 3 is 2.46 bits per heavy atom. The minimum atomic E-state index is 0.0515. The number of rotatable bonds is 5. The fourth-order valence-electron chi connectivity index (χ4n) is 5.69. The van der Waals surface area contributed by atoms with Crippen LogP contribution in [0.1, 0.15) is 61.7 Å². The van der Waals surface area contributed by atoms with Crippen molar-refractivity contribution < 1.29 is 9.53 Å². The summed E-state index contributed by atoms with van der Waals surface area (Å²) in [6.07, 6.45) is 11.9. The first-order chi connectivity index (χ1) is 11.7. The summed E-state index contributed by atoms with van der Waals surface area (Å²) < 4.78 is 5.72. The van der Waals surface area contributed by atoms with Crippen LogP contribution in [-0.4, -0.2) is 23.0 Å². The molecule has 0 saturated heterocycles. The molecule has 0 atom stereocenters. The SMILES string of the molecule is O=C(NC12CC3CC(CC(C3)C1)C2)c1ccnc(OCC2CC2)c1. The molecule has 128 valence electrons. The number of hydrogen-bond donors (Lipinski definition) is 1. The van der Waals surface area contributed by atoms with Gasteiger partial charge in [-0.3, -0.25) is 4.79 Å². The molecular weight excluding hydrogens is 300 g/mol. The van der Waals surface area contributed by atoms with Crippen molar-refractivity contribution in [3.8, 4) is 5.88 Å². The van der Waals surface area contributed by atoms with Crippen LogP contribution in [0.5, 0.6) is 5.88 Å². The number of pyridine rings is 1. The fourth-order valence-corrected chi connectivity index (χ4v) is 5.69. The lowest BCUT2D eigenvalue weighted by atomic mass is 9.53. The summed E-state index contributed by atoms with van der Waals surface area (Å²) >= 11 is 0. The molecule has 6 rings (SSSR count). The van der Waals surface area contributed by atoms with Gasteiger partial charge in [-0.05, 0) is 81.1 Å². The van der Waals surface area contributed by atoms with Crippen molar-refractivity contribution in [3.05, 3.63) is 23.9 Å². The third-order valence-electron chi connectivity index (χ3n) is 6.58. The van der Waals surface area contributed by atoms with E-state index >= 15 is 0 Å². The van der Waals surface area contributed by atoms with Crippen LogP contribution < -0.4 is 10.1 Å². The van der Waals surface area contributed by atoms with Crippen molar-refractivity contribution in [1.82, 2.24) is 10.3 Å². The van der Waals surface area contributed by atoms with Gasteiger partial charge < -0.3 is 10.1 Å². The van der Waals surface area contributed by atoms with E-state index in [-0.39, 0.29) is 11.4 Å². The van der Waals surface area contributed by atoms with Crippen LogP contribution in [0.4, 0.5) is 0 Å². The molecule has 0 aromatic carbocycles. The van der Waals surface area contributed by atoms with E-state index in [0.29, 0.717) is 17.4 Å². The highest BCUT2D eigenvalue weighted by Crippen LogP contribution is 2.55. The Labute approximate surface area is 143 Å². The van der Waals surface area contributed by atoms with E-state index in [1.165, 1.54) is 51.4 Å². The monoisotopic (exact) mass is 326 g/mol. The van der Waals surface area contributed by atoms with Crippen molar-refractivity contribution >= 4 is 5.91 Å². The number of carbonyl (C=O) groups is 1. The summed E-state index contributed by atoms with van der Waals surface area (Å²) in [4.78, 5) is 17.1. The average Bonchev–Trinajstić information content (AvgIpc) is 3.36. The second-order valence-electron chi connectivity index (χ2n) is 8.79. The minimum absolute atomic E-state index is 0.0515. The van der Waals surface area contributed by atoms with Crippen LogP contribution in [0.15, 0.2) is 18.3 Å². The molecule has 4 heteroatoms. The number of hydrogen-bond acceptors (Lipinski definition) is 3. The van der Waals surface area contributed by atoms with Crippen LogP contribution in [-0.2, 0) is 0 Å². The molecule has 0 spiro atoms. The van der Waals surface area contributed by atoms with Crippen molar-refractivity contribution in [1.29, 1.82) is 0 Å². The molecule has 1 N–H and O–H groups in total. The minimum Gasteiger partial charge on any atom is -0.477 e. The molecule has 0 aliphatic heterocycles. The molecule has 5 aliphatic rings. The Balaban J connectivity index is 1.29. The maximum atomic E-state index is 12.8. The van der Waals surface area contributed by atoms with Crippen LogP contribution in [0.2, 0.25) is 0 Å². The Bertz CT molecular complexity index is 618. The number of amides is 1. The lowest BCUT2D eigenvalue weighted by Gasteiger charge is -2.56. The van der Waals surface area contributed by atoms with Gasteiger partial charge in [0, 0.05) is 23.4 Å². The van der Waals surface area contributed by atoms with Gasteiger partial charge in [0.1, 0.15) is 0 Å². The summed E-state index contributed by atoms with van der Waals surface area (Å²) in [7, 11) is 0. The van der Waals surface area contributed by atoms with Crippen LogP contribution >= 0.6 is 0 Å². The Morgan fingerprint density at radius 2 is 1.83 bits per heavy atom. The van der Waals surface area contributed by atoms with Crippen molar-refractivity contribution in [2.75, 3.05) is 6.61 Å². The van der Waals surface area contributed by atoms with E-state index in [1.54, 1.807) is 18.3 Å². The zero-order valence-electron chi connectivity index (χ0n) is 14.2. The second kappa shape index (κ2) is 5.47. The summed E-state index contributed by atoms with van der Waals surface area (Å²) in [5.41, 5.74) is 0.746. The topological polar surface area (TPSA) is 51.2 Å². The number of nitrogens with one attached hydrogen (secondary N) is 1. The summed E-state index contributed by atoms with van der Waals surface area (Å²) in [5.74, 6) is 3.84. The number of aromatic nitrogens is 1. The Hall–Kier alpha value is -1.58.